The molecule has 4 nitrogen and oxygen atoms in total. The number of nitrogens with one attached hydrogen (secondary N) is 1. The van der Waals surface area contributed by atoms with Gasteiger partial charge in [-0.15, -0.1) is 0 Å². The van der Waals surface area contributed by atoms with Crippen LogP contribution >= 0.6 is 11.8 Å². The minimum Gasteiger partial charge on any atom is -0.325 e. The van der Waals surface area contributed by atoms with Crippen LogP contribution in [0.2, 0.25) is 0 Å². The highest BCUT2D eigenvalue weighted by Crippen LogP contribution is 2.20. The van der Waals surface area contributed by atoms with Gasteiger partial charge in [0.25, 0.3) is 0 Å². The maximum atomic E-state index is 12.3. The van der Waals surface area contributed by atoms with Crippen LogP contribution in [0.25, 0.3) is 0 Å². The van der Waals surface area contributed by atoms with Gasteiger partial charge >= 0.3 is 0 Å². The quantitative estimate of drug-likeness (QED) is 0.650. The van der Waals surface area contributed by atoms with Gasteiger partial charge in [-0.1, -0.05) is 53.7 Å². The second kappa shape index (κ2) is 8.23. The van der Waals surface area contributed by atoms with E-state index in [2.05, 4.69) is 46.1 Å². The van der Waals surface area contributed by atoms with Gasteiger partial charge in [-0.3, -0.25) is 4.79 Å². The molecule has 0 radical (unpaired) electrons. The third-order valence-electron chi connectivity index (χ3n) is 4.15. The summed E-state index contributed by atoms with van der Waals surface area (Å²) >= 11 is 1.45. The summed E-state index contributed by atoms with van der Waals surface area (Å²) < 4.78 is 2.07. The number of benzene rings is 2. The van der Waals surface area contributed by atoms with Crippen molar-refractivity contribution in [3.8, 4) is 0 Å². The molecule has 0 atom stereocenters. The van der Waals surface area contributed by atoms with Crippen LogP contribution in [0.15, 0.2) is 60.0 Å². The normalized spacial score (nSPS) is 10.7. The number of aromatic nitrogens is 2. The van der Waals surface area contributed by atoms with Crippen LogP contribution in [0, 0.1) is 20.8 Å². The van der Waals surface area contributed by atoms with Gasteiger partial charge in [-0.05, 0) is 43.5 Å². The minimum atomic E-state index is -0.0198. The van der Waals surface area contributed by atoms with Crippen LogP contribution in [-0.2, 0) is 11.3 Å². The Morgan fingerprint density at radius 2 is 1.81 bits per heavy atom. The molecular weight excluding hydrogens is 342 g/mol. The molecule has 1 aromatic heterocycles. The molecule has 0 aliphatic rings. The second-order valence-electron chi connectivity index (χ2n) is 6.48. The van der Waals surface area contributed by atoms with Gasteiger partial charge in [-0.25, -0.2) is 4.98 Å². The number of hydrogen-bond acceptors (Lipinski definition) is 3. The lowest BCUT2D eigenvalue weighted by atomic mass is 10.1. The highest BCUT2D eigenvalue weighted by atomic mass is 32.2. The van der Waals surface area contributed by atoms with Crippen molar-refractivity contribution in [3.05, 3.63) is 77.1 Å². The van der Waals surface area contributed by atoms with Crippen molar-refractivity contribution in [1.29, 1.82) is 0 Å². The first-order valence-corrected chi connectivity index (χ1v) is 9.56. The number of anilines is 1. The van der Waals surface area contributed by atoms with E-state index in [4.69, 9.17) is 0 Å². The summed E-state index contributed by atoms with van der Waals surface area (Å²) in [6.07, 6.45) is 3.73. The zero-order chi connectivity index (χ0) is 18.5. The van der Waals surface area contributed by atoms with E-state index >= 15 is 0 Å². The number of rotatable bonds is 6. The second-order valence-corrected chi connectivity index (χ2v) is 7.42. The Morgan fingerprint density at radius 3 is 2.58 bits per heavy atom. The predicted octanol–water partition coefficient (Wildman–Crippen LogP) is 4.59. The SMILES string of the molecule is Cc1ccc(Cn2ccnc2SCC(=O)Nc2cc(C)ccc2C)cc1. The highest BCUT2D eigenvalue weighted by molar-refractivity contribution is 7.99. The largest absolute Gasteiger partial charge is 0.325 e. The van der Waals surface area contributed by atoms with Crippen LogP contribution in [0.3, 0.4) is 0 Å². The number of amides is 1. The van der Waals surface area contributed by atoms with Crippen molar-refractivity contribution in [2.75, 3.05) is 11.1 Å². The minimum absolute atomic E-state index is 0.0198. The van der Waals surface area contributed by atoms with Gasteiger partial charge < -0.3 is 9.88 Å². The van der Waals surface area contributed by atoms with Gasteiger partial charge in [0.15, 0.2) is 5.16 Å². The molecule has 0 aliphatic carbocycles. The summed E-state index contributed by atoms with van der Waals surface area (Å²) in [5.41, 5.74) is 5.54. The maximum Gasteiger partial charge on any atom is 0.234 e. The van der Waals surface area contributed by atoms with E-state index < -0.39 is 0 Å². The third-order valence-corrected chi connectivity index (χ3v) is 5.15. The van der Waals surface area contributed by atoms with E-state index in [-0.39, 0.29) is 5.91 Å². The van der Waals surface area contributed by atoms with Gasteiger partial charge in [-0.2, -0.15) is 0 Å². The lowest BCUT2D eigenvalue weighted by molar-refractivity contribution is -0.113. The average molecular weight is 366 g/mol. The first-order chi connectivity index (χ1) is 12.5. The summed E-state index contributed by atoms with van der Waals surface area (Å²) in [5.74, 6) is 0.312. The molecule has 0 fully saturated rings. The zero-order valence-electron chi connectivity index (χ0n) is 15.3. The summed E-state index contributed by atoms with van der Waals surface area (Å²) in [6.45, 7) is 6.85. The van der Waals surface area contributed by atoms with Crippen LogP contribution in [-0.4, -0.2) is 21.2 Å². The van der Waals surface area contributed by atoms with Gasteiger partial charge in [0.05, 0.1) is 5.75 Å². The standard InChI is InChI=1S/C21H23N3OS/c1-15-5-8-18(9-6-15)13-24-11-10-22-21(24)26-14-20(25)23-19-12-16(2)4-7-17(19)3/h4-12H,13-14H2,1-3H3,(H,23,25). The number of nitrogens with zero attached hydrogens (tertiary/aromatic N) is 2. The number of thioether (sulfide) groups is 1. The highest BCUT2D eigenvalue weighted by Gasteiger charge is 2.10. The number of carbonyl (C=O) groups is 1. The molecule has 26 heavy (non-hydrogen) atoms. The first-order valence-electron chi connectivity index (χ1n) is 8.58. The molecule has 134 valence electrons. The third kappa shape index (κ3) is 4.76. The smallest absolute Gasteiger partial charge is 0.234 e. The van der Waals surface area contributed by atoms with E-state index in [1.165, 1.54) is 22.9 Å². The Hall–Kier alpha value is -2.53. The molecule has 3 rings (SSSR count). The summed E-state index contributed by atoms with van der Waals surface area (Å²) in [4.78, 5) is 16.7. The monoisotopic (exact) mass is 365 g/mol. The summed E-state index contributed by atoms with van der Waals surface area (Å²) in [5, 5.41) is 3.84. The fraction of sp³-hybridized carbons (Fsp3) is 0.238. The molecule has 0 bridgehead atoms. The van der Waals surface area contributed by atoms with E-state index in [1.54, 1.807) is 6.20 Å². The van der Waals surface area contributed by atoms with Crippen molar-refractivity contribution >= 4 is 23.4 Å². The van der Waals surface area contributed by atoms with Gasteiger partial charge in [0.2, 0.25) is 5.91 Å². The number of hydrogen-bond donors (Lipinski definition) is 1. The molecule has 1 heterocycles. The molecule has 1 N–H and O–H groups in total. The summed E-state index contributed by atoms with van der Waals surface area (Å²) in [7, 11) is 0. The molecule has 0 unspecified atom stereocenters. The van der Waals surface area contributed by atoms with E-state index in [9.17, 15) is 4.79 Å². The molecule has 0 aliphatic heterocycles. The molecule has 5 heteroatoms. The Labute approximate surface area is 158 Å². The number of imidazole rings is 1. The van der Waals surface area contributed by atoms with Crippen LogP contribution in [0.4, 0.5) is 5.69 Å². The van der Waals surface area contributed by atoms with Crippen molar-refractivity contribution < 1.29 is 4.79 Å². The lowest BCUT2D eigenvalue weighted by Crippen LogP contribution is -2.15. The fourth-order valence-electron chi connectivity index (χ4n) is 2.63. The van der Waals surface area contributed by atoms with Crippen molar-refractivity contribution in [2.24, 2.45) is 0 Å². The Bertz CT molecular complexity index is 900. The number of aryl methyl sites for hydroxylation is 3. The number of carbonyl (C=O) groups excluding carboxylic acids is 1. The first kappa shape index (κ1) is 18.3. The topological polar surface area (TPSA) is 46.9 Å². The van der Waals surface area contributed by atoms with Gasteiger partial charge in [0.1, 0.15) is 0 Å². The van der Waals surface area contributed by atoms with Crippen molar-refractivity contribution in [2.45, 2.75) is 32.5 Å². The van der Waals surface area contributed by atoms with E-state index in [0.29, 0.717) is 5.75 Å². The van der Waals surface area contributed by atoms with E-state index in [0.717, 1.165) is 28.5 Å². The molecule has 1 amide bonds. The Kier molecular flexibility index (Phi) is 5.78. The van der Waals surface area contributed by atoms with Crippen molar-refractivity contribution in [1.82, 2.24) is 9.55 Å². The van der Waals surface area contributed by atoms with E-state index in [1.807, 2.05) is 38.2 Å². The molecule has 0 spiro atoms. The predicted molar refractivity (Wildman–Crippen MR) is 108 cm³/mol. The van der Waals surface area contributed by atoms with Gasteiger partial charge in [0, 0.05) is 24.6 Å². The molecule has 0 saturated carbocycles. The van der Waals surface area contributed by atoms with Crippen molar-refractivity contribution in [3.63, 3.8) is 0 Å². The molecular formula is C21H23N3OS. The summed E-state index contributed by atoms with van der Waals surface area (Å²) in [6, 6.07) is 14.5. The van der Waals surface area contributed by atoms with Crippen LogP contribution in [0.1, 0.15) is 22.3 Å². The van der Waals surface area contributed by atoms with Crippen LogP contribution in [0.5, 0.6) is 0 Å². The average Bonchev–Trinajstić information content (AvgIpc) is 3.05. The molecule has 0 saturated heterocycles. The Morgan fingerprint density at radius 1 is 1.08 bits per heavy atom. The van der Waals surface area contributed by atoms with Crippen LogP contribution < -0.4 is 5.32 Å². The zero-order valence-corrected chi connectivity index (χ0v) is 16.1. The lowest BCUT2D eigenvalue weighted by Gasteiger charge is -2.10. The molecule has 2 aromatic carbocycles. The Balaban J connectivity index is 1.60. The molecule has 3 aromatic rings. The maximum absolute atomic E-state index is 12.3. The fourth-order valence-corrected chi connectivity index (χ4v) is 3.39.